The number of aromatic nitrogens is 5. The number of rotatable bonds is 12. The van der Waals surface area contributed by atoms with Crippen LogP contribution in [0.25, 0.3) is 10.9 Å². The number of hydrogen-bond acceptors (Lipinski definition) is 8. The first kappa shape index (κ1) is 27.9. The molecule has 0 saturated carbocycles. The van der Waals surface area contributed by atoms with E-state index < -0.39 is 0 Å². The zero-order chi connectivity index (χ0) is 27.9. The lowest BCUT2D eigenvalue weighted by atomic mass is 10.1. The lowest BCUT2D eigenvalue weighted by Crippen LogP contribution is -2.39. The lowest BCUT2D eigenvalue weighted by Gasteiger charge is -2.32. The molecule has 10 heteroatoms. The van der Waals surface area contributed by atoms with Gasteiger partial charge in [-0.2, -0.15) is 0 Å². The molecule has 10 nitrogen and oxygen atoms in total. The molecule has 40 heavy (non-hydrogen) atoms. The predicted molar refractivity (Wildman–Crippen MR) is 155 cm³/mol. The topological polar surface area (TPSA) is 101 Å². The Balaban J connectivity index is 1.41. The van der Waals surface area contributed by atoms with Gasteiger partial charge in [0.25, 0.3) is 5.56 Å². The molecular weight excluding hydrogens is 506 g/mol. The van der Waals surface area contributed by atoms with Crippen LogP contribution in [0.15, 0.2) is 53.3 Å². The van der Waals surface area contributed by atoms with Crippen LogP contribution in [0, 0.1) is 6.92 Å². The van der Waals surface area contributed by atoms with E-state index in [2.05, 4.69) is 43.3 Å². The van der Waals surface area contributed by atoms with E-state index in [1.165, 1.54) is 0 Å². The first-order valence-corrected chi connectivity index (χ1v) is 14.1. The average molecular weight is 546 g/mol. The summed E-state index contributed by atoms with van der Waals surface area (Å²) in [5, 5.41) is 13.9. The van der Waals surface area contributed by atoms with Crippen LogP contribution in [-0.2, 0) is 17.8 Å². The molecule has 0 spiro atoms. The van der Waals surface area contributed by atoms with Gasteiger partial charge >= 0.3 is 0 Å². The molecule has 2 aromatic carbocycles. The number of H-pyrrole nitrogens is 1. The summed E-state index contributed by atoms with van der Waals surface area (Å²) in [6, 6.07) is 16.0. The molecule has 0 amide bonds. The van der Waals surface area contributed by atoms with Gasteiger partial charge in [-0.1, -0.05) is 37.3 Å². The molecule has 1 fully saturated rings. The Morgan fingerprint density at radius 3 is 2.70 bits per heavy atom. The van der Waals surface area contributed by atoms with Crippen molar-refractivity contribution in [1.29, 1.82) is 0 Å². The summed E-state index contributed by atoms with van der Waals surface area (Å²) in [6.45, 7) is 10.5. The number of aromatic amines is 1. The number of ether oxygens (including phenoxy) is 2. The Morgan fingerprint density at radius 2 is 1.95 bits per heavy atom. The van der Waals surface area contributed by atoms with Crippen molar-refractivity contribution in [3.63, 3.8) is 0 Å². The maximum atomic E-state index is 13.2. The summed E-state index contributed by atoms with van der Waals surface area (Å²) in [5.41, 5.74) is 3.74. The van der Waals surface area contributed by atoms with Crippen molar-refractivity contribution in [3.8, 4) is 5.75 Å². The number of benzene rings is 2. The summed E-state index contributed by atoms with van der Waals surface area (Å²) in [7, 11) is 1.66. The van der Waals surface area contributed by atoms with Gasteiger partial charge in [0, 0.05) is 31.7 Å². The number of fused-ring (bicyclic) bond motifs is 1. The number of hydrogen-bond donors (Lipinski definition) is 1. The molecule has 212 valence electrons. The van der Waals surface area contributed by atoms with E-state index in [4.69, 9.17) is 9.47 Å². The number of aryl methyl sites for hydroxylation is 1. The minimum Gasteiger partial charge on any atom is -0.497 e. The fraction of sp³-hybridized carbons (Fsp3) is 0.467. The Hall–Kier alpha value is -3.60. The monoisotopic (exact) mass is 545 g/mol. The Labute approximate surface area is 234 Å². The Kier molecular flexibility index (Phi) is 9.20. The maximum Gasteiger partial charge on any atom is 0.252 e. The maximum absolute atomic E-state index is 13.2. The van der Waals surface area contributed by atoms with E-state index in [1.807, 2.05) is 54.1 Å². The van der Waals surface area contributed by atoms with E-state index in [1.54, 1.807) is 7.11 Å². The summed E-state index contributed by atoms with van der Waals surface area (Å²) in [4.78, 5) is 21.2. The van der Waals surface area contributed by atoms with Gasteiger partial charge in [-0.15, -0.1) is 5.10 Å². The first-order valence-electron chi connectivity index (χ1n) is 14.1. The van der Waals surface area contributed by atoms with Crippen molar-refractivity contribution in [3.05, 3.63) is 81.4 Å². The van der Waals surface area contributed by atoms with Crippen LogP contribution in [0.2, 0.25) is 0 Å². The molecule has 1 aliphatic rings. The van der Waals surface area contributed by atoms with Gasteiger partial charge in [0.2, 0.25) is 0 Å². The second kappa shape index (κ2) is 13.2. The van der Waals surface area contributed by atoms with Crippen molar-refractivity contribution in [1.82, 2.24) is 35.0 Å². The minimum absolute atomic E-state index is 0.0485. The highest BCUT2D eigenvalue weighted by Crippen LogP contribution is 2.26. The SMILES string of the molecule is CC[C@H](c1nnnn1Cc1ccc(OC)cc1)N(CCCN1CCOCC1)Cc1cc2cccc(C)c2[nH]c1=O. The number of methoxy groups -OCH3 is 1. The standard InChI is InChI=1S/C30H39N7O3/c1-4-27(29-32-33-34-37(29)20-23-9-11-26(39-3)12-10-23)36(14-6-13-35-15-17-40-18-16-35)21-25-19-24-8-5-7-22(2)28(24)31-30(25)38/h5,7-12,19,27H,4,6,13-18,20-21H2,1-3H3,(H,31,38)/t27-/m1/s1. The highest BCUT2D eigenvalue weighted by molar-refractivity contribution is 5.81. The highest BCUT2D eigenvalue weighted by atomic mass is 16.5. The van der Waals surface area contributed by atoms with E-state index in [-0.39, 0.29) is 11.6 Å². The number of morpholine rings is 1. The fourth-order valence-electron chi connectivity index (χ4n) is 5.50. The van der Waals surface area contributed by atoms with Gasteiger partial charge in [0.1, 0.15) is 5.75 Å². The third-order valence-corrected chi connectivity index (χ3v) is 7.74. The number of nitrogens with zero attached hydrogens (tertiary/aromatic N) is 6. The molecule has 1 aliphatic heterocycles. The van der Waals surface area contributed by atoms with Gasteiger partial charge in [0.05, 0.1) is 38.4 Å². The van der Waals surface area contributed by atoms with Gasteiger partial charge < -0.3 is 14.5 Å². The summed E-state index contributed by atoms with van der Waals surface area (Å²) < 4.78 is 12.7. The number of pyridine rings is 1. The van der Waals surface area contributed by atoms with E-state index in [0.29, 0.717) is 13.1 Å². The zero-order valence-electron chi connectivity index (χ0n) is 23.7. The minimum atomic E-state index is -0.0504. The quantitative estimate of drug-likeness (QED) is 0.288. The first-order chi connectivity index (χ1) is 19.6. The molecule has 4 aromatic rings. The highest BCUT2D eigenvalue weighted by Gasteiger charge is 2.26. The fourth-order valence-corrected chi connectivity index (χ4v) is 5.50. The van der Waals surface area contributed by atoms with Crippen molar-refractivity contribution in [2.75, 3.05) is 46.5 Å². The molecule has 0 unspecified atom stereocenters. The van der Waals surface area contributed by atoms with Crippen molar-refractivity contribution in [2.45, 2.75) is 45.8 Å². The van der Waals surface area contributed by atoms with Crippen LogP contribution in [0.1, 0.15) is 48.3 Å². The van der Waals surface area contributed by atoms with Crippen LogP contribution >= 0.6 is 0 Å². The van der Waals surface area contributed by atoms with Gasteiger partial charge in [0.15, 0.2) is 5.82 Å². The third-order valence-electron chi connectivity index (χ3n) is 7.74. The van der Waals surface area contributed by atoms with E-state index in [0.717, 1.165) is 91.4 Å². The van der Waals surface area contributed by atoms with Gasteiger partial charge in [-0.3, -0.25) is 14.6 Å². The van der Waals surface area contributed by atoms with Crippen LogP contribution in [0.3, 0.4) is 0 Å². The van der Waals surface area contributed by atoms with Crippen molar-refractivity contribution >= 4 is 10.9 Å². The second-order valence-corrected chi connectivity index (χ2v) is 10.4. The molecular formula is C30H39N7O3. The normalized spacial score (nSPS) is 15.1. The van der Waals surface area contributed by atoms with Gasteiger partial charge in [-0.05, 0) is 71.4 Å². The van der Waals surface area contributed by atoms with Crippen molar-refractivity contribution in [2.24, 2.45) is 0 Å². The largest absolute Gasteiger partial charge is 0.497 e. The predicted octanol–water partition coefficient (Wildman–Crippen LogP) is 3.56. The zero-order valence-corrected chi connectivity index (χ0v) is 23.7. The lowest BCUT2D eigenvalue weighted by molar-refractivity contribution is 0.0349. The molecule has 1 saturated heterocycles. The van der Waals surface area contributed by atoms with Crippen molar-refractivity contribution < 1.29 is 9.47 Å². The third kappa shape index (κ3) is 6.57. The van der Waals surface area contributed by atoms with Crippen LogP contribution < -0.4 is 10.3 Å². The van der Waals surface area contributed by atoms with E-state index in [9.17, 15) is 4.79 Å². The molecule has 1 atom stereocenters. The summed E-state index contributed by atoms with van der Waals surface area (Å²) >= 11 is 0. The van der Waals surface area contributed by atoms with Crippen LogP contribution in [-0.4, -0.2) is 81.5 Å². The van der Waals surface area contributed by atoms with E-state index >= 15 is 0 Å². The second-order valence-electron chi connectivity index (χ2n) is 10.4. The Morgan fingerprint density at radius 1 is 1.15 bits per heavy atom. The Bertz CT molecular complexity index is 1440. The van der Waals surface area contributed by atoms with Crippen LogP contribution in [0.5, 0.6) is 5.75 Å². The molecule has 1 N–H and O–H groups in total. The molecule has 0 aliphatic carbocycles. The average Bonchev–Trinajstić information content (AvgIpc) is 3.43. The molecule has 2 aromatic heterocycles. The number of tetrazole rings is 1. The smallest absolute Gasteiger partial charge is 0.252 e. The number of para-hydroxylation sites is 1. The molecule has 3 heterocycles. The molecule has 0 radical (unpaired) electrons. The number of nitrogens with one attached hydrogen (secondary N) is 1. The molecule has 5 rings (SSSR count). The summed E-state index contributed by atoms with van der Waals surface area (Å²) in [6.07, 6.45) is 1.78. The van der Waals surface area contributed by atoms with Crippen LogP contribution in [0.4, 0.5) is 0 Å². The van der Waals surface area contributed by atoms with Gasteiger partial charge in [-0.25, -0.2) is 4.68 Å². The summed E-state index contributed by atoms with van der Waals surface area (Å²) in [5.74, 6) is 1.62. The molecule has 0 bridgehead atoms.